The Morgan fingerprint density at radius 2 is 1.89 bits per heavy atom. The van der Waals surface area contributed by atoms with Crippen LogP contribution in [0.2, 0.25) is 0 Å². The monoisotopic (exact) mass is 251 g/mol. The molecule has 0 radical (unpaired) electrons. The van der Waals surface area contributed by atoms with Gasteiger partial charge in [-0.25, -0.2) is 4.79 Å². The predicted octanol–water partition coefficient (Wildman–Crippen LogP) is 1.26. The molecule has 0 fully saturated rings. The molecule has 5 nitrogen and oxygen atoms in total. The molecule has 0 aromatic heterocycles. The summed E-state index contributed by atoms with van der Waals surface area (Å²) < 4.78 is 10.4. The van der Waals surface area contributed by atoms with Gasteiger partial charge in [-0.2, -0.15) is 0 Å². The van der Waals surface area contributed by atoms with Crippen LogP contribution in [0.5, 0.6) is 5.75 Å². The van der Waals surface area contributed by atoms with Crippen molar-refractivity contribution in [2.45, 2.75) is 32.5 Å². The zero-order chi connectivity index (χ0) is 13.5. The van der Waals surface area contributed by atoms with Crippen LogP contribution in [0.4, 0.5) is 0 Å². The summed E-state index contributed by atoms with van der Waals surface area (Å²) in [6.07, 6.45) is -1.25. The summed E-state index contributed by atoms with van der Waals surface area (Å²) in [7, 11) is 0. The molecule has 0 aliphatic rings. The van der Waals surface area contributed by atoms with Gasteiger partial charge in [0.25, 0.3) is 5.91 Å². The van der Waals surface area contributed by atoms with Crippen molar-refractivity contribution in [1.82, 2.24) is 0 Å². The van der Waals surface area contributed by atoms with Gasteiger partial charge in [0.15, 0.2) is 12.2 Å². The Bertz CT molecular complexity index is 405. The standard InChI is InChI=1S/C13H17NO4/c1-3-11(13(16)17-9(2)12(14)15)18-10-7-5-4-6-8-10/h4-9,11H,3H2,1-2H3,(H2,14,15)/t9-,11-/m0/s1. The maximum absolute atomic E-state index is 11.7. The average Bonchev–Trinajstić information content (AvgIpc) is 2.36. The van der Waals surface area contributed by atoms with E-state index in [2.05, 4.69) is 0 Å². The van der Waals surface area contributed by atoms with E-state index in [1.807, 2.05) is 6.07 Å². The van der Waals surface area contributed by atoms with Crippen molar-refractivity contribution in [2.24, 2.45) is 5.73 Å². The number of carbonyl (C=O) groups excluding carboxylic acids is 2. The first kappa shape index (κ1) is 14.0. The topological polar surface area (TPSA) is 78.6 Å². The van der Waals surface area contributed by atoms with E-state index in [9.17, 15) is 9.59 Å². The molecule has 5 heteroatoms. The van der Waals surface area contributed by atoms with E-state index in [1.54, 1.807) is 31.2 Å². The second-order valence-corrected chi connectivity index (χ2v) is 3.81. The normalized spacial score (nSPS) is 13.4. The summed E-state index contributed by atoms with van der Waals surface area (Å²) in [5.41, 5.74) is 5.02. The summed E-state index contributed by atoms with van der Waals surface area (Å²) in [6, 6.07) is 8.95. The van der Waals surface area contributed by atoms with Gasteiger partial charge in [-0.1, -0.05) is 25.1 Å². The number of ether oxygens (including phenoxy) is 2. The number of hydrogen-bond donors (Lipinski definition) is 1. The van der Waals surface area contributed by atoms with E-state index in [0.29, 0.717) is 12.2 Å². The summed E-state index contributed by atoms with van der Waals surface area (Å²) in [5.74, 6) is -0.696. The van der Waals surface area contributed by atoms with Crippen LogP contribution in [0.15, 0.2) is 30.3 Å². The van der Waals surface area contributed by atoms with Crippen LogP contribution < -0.4 is 10.5 Å². The van der Waals surface area contributed by atoms with Crippen molar-refractivity contribution >= 4 is 11.9 Å². The Morgan fingerprint density at radius 1 is 1.28 bits per heavy atom. The molecule has 1 amide bonds. The fourth-order valence-electron chi connectivity index (χ4n) is 1.27. The number of amides is 1. The quantitative estimate of drug-likeness (QED) is 0.772. The molecule has 0 unspecified atom stereocenters. The molecule has 18 heavy (non-hydrogen) atoms. The lowest BCUT2D eigenvalue weighted by atomic mass is 10.2. The highest BCUT2D eigenvalue weighted by atomic mass is 16.6. The highest BCUT2D eigenvalue weighted by molar-refractivity contribution is 5.83. The van der Waals surface area contributed by atoms with Gasteiger partial charge in [0.05, 0.1) is 0 Å². The van der Waals surface area contributed by atoms with Crippen LogP contribution in [0, 0.1) is 0 Å². The van der Waals surface area contributed by atoms with Crippen molar-refractivity contribution in [3.05, 3.63) is 30.3 Å². The number of primary amides is 1. The van der Waals surface area contributed by atoms with Crippen molar-refractivity contribution in [3.8, 4) is 5.75 Å². The van der Waals surface area contributed by atoms with Gasteiger partial charge in [0.2, 0.25) is 0 Å². The first-order chi connectivity index (χ1) is 8.54. The summed E-state index contributed by atoms with van der Waals surface area (Å²) >= 11 is 0. The first-order valence-electron chi connectivity index (χ1n) is 5.76. The Balaban J connectivity index is 2.61. The minimum Gasteiger partial charge on any atom is -0.479 e. The molecule has 1 aromatic rings. The second kappa shape index (κ2) is 6.64. The highest BCUT2D eigenvalue weighted by Gasteiger charge is 2.24. The molecule has 2 atom stereocenters. The SMILES string of the molecule is CC[C@H](Oc1ccccc1)C(=O)O[C@@H](C)C(N)=O. The molecule has 0 bridgehead atoms. The number of para-hydroxylation sites is 1. The minimum atomic E-state index is -0.953. The molecule has 1 aromatic carbocycles. The summed E-state index contributed by atoms with van der Waals surface area (Å²) in [4.78, 5) is 22.5. The first-order valence-corrected chi connectivity index (χ1v) is 5.76. The number of rotatable bonds is 6. The van der Waals surface area contributed by atoms with E-state index in [4.69, 9.17) is 15.2 Å². The molecule has 0 aliphatic carbocycles. The Morgan fingerprint density at radius 3 is 2.39 bits per heavy atom. The van der Waals surface area contributed by atoms with Crippen molar-refractivity contribution in [3.63, 3.8) is 0 Å². The zero-order valence-electron chi connectivity index (χ0n) is 10.5. The maximum Gasteiger partial charge on any atom is 0.348 e. The third kappa shape index (κ3) is 4.08. The molecule has 0 aliphatic heterocycles. The molecule has 1 rings (SSSR count). The van der Waals surface area contributed by atoms with Gasteiger partial charge >= 0.3 is 5.97 Å². The molecule has 0 saturated heterocycles. The van der Waals surface area contributed by atoms with Gasteiger partial charge in [-0.15, -0.1) is 0 Å². The van der Waals surface area contributed by atoms with Crippen LogP contribution in [0.3, 0.4) is 0 Å². The van der Waals surface area contributed by atoms with E-state index >= 15 is 0 Å². The fourth-order valence-corrected chi connectivity index (χ4v) is 1.27. The average molecular weight is 251 g/mol. The Labute approximate surface area is 106 Å². The van der Waals surface area contributed by atoms with E-state index in [1.165, 1.54) is 6.92 Å². The molecule has 98 valence electrons. The van der Waals surface area contributed by atoms with E-state index in [0.717, 1.165) is 0 Å². The zero-order valence-corrected chi connectivity index (χ0v) is 10.5. The molecular weight excluding hydrogens is 234 g/mol. The van der Waals surface area contributed by atoms with Crippen molar-refractivity contribution < 1.29 is 19.1 Å². The smallest absolute Gasteiger partial charge is 0.348 e. The van der Waals surface area contributed by atoms with Crippen molar-refractivity contribution in [1.29, 1.82) is 0 Å². The van der Waals surface area contributed by atoms with Crippen LogP contribution in [-0.2, 0) is 14.3 Å². The van der Waals surface area contributed by atoms with E-state index in [-0.39, 0.29) is 0 Å². The number of hydrogen-bond acceptors (Lipinski definition) is 4. The third-order valence-corrected chi connectivity index (χ3v) is 2.35. The second-order valence-electron chi connectivity index (χ2n) is 3.81. The Kier molecular flexibility index (Phi) is 5.17. The van der Waals surface area contributed by atoms with Gasteiger partial charge < -0.3 is 15.2 Å². The van der Waals surface area contributed by atoms with Crippen LogP contribution in [0.25, 0.3) is 0 Å². The molecule has 0 saturated carbocycles. The predicted molar refractivity (Wildman–Crippen MR) is 65.9 cm³/mol. The van der Waals surface area contributed by atoms with Crippen LogP contribution in [-0.4, -0.2) is 24.1 Å². The number of nitrogens with two attached hydrogens (primary N) is 1. The largest absolute Gasteiger partial charge is 0.479 e. The maximum atomic E-state index is 11.7. The van der Waals surface area contributed by atoms with E-state index < -0.39 is 24.1 Å². The lowest BCUT2D eigenvalue weighted by Crippen LogP contribution is -2.36. The molecule has 0 heterocycles. The highest BCUT2D eigenvalue weighted by Crippen LogP contribution is 2.13. The van der Waals surface area contributed by atoms with Gasteiger partial charge in [-0.05, 0) is 25.5 Å². The fraction of sp³-hybridized carbons (Fsp3) is 0.385. The molecule has 2 N–H and O–H groups in total. The van der Waals surface area contributed by atoms with Gasteiger partial charge in [0, 0.05) is 0 Å². The molecule has 0 spiro atoms. The van der Waals surface area contributed by atoms with Crippen LogP contribution in [0.1, 0.15) is 20.3 Å². The number of esters is 1. The van der Waals surface area contributed by atoms with Crippen molar-refractivity contribution in [2.75, 3.05) is 0 Å². The summed E-state index contributed by atoms with van der Waals surface area (Å²) in [5, 5.41) is 0. The molecular formula is C13H17NO4. The lowest BCUT2D eigenvalue weighted by molar-refractivity contribution is -0.160. The summed E-state index contributed by atoms with van der Waals surface area (Å²) in [6.45, 7) is 3.22. The lowest BCUT2D eigenvalue weighted by Gasteiger charge is -2.18. The van der Waals surface area contributed by atoms with Gasteiger partial charge in [-0.3, -0.25) is 4.79 Å². The minimum absolute atomic E-state index is 0.444. The Hall–Kier alpha value is -2.04. The van der Waals surface area contributed by atoms with Crippen LogP contribution >= 0.6 is 0 Å². The number of carbonyl (C=O) groups is 2. The third-order valence-electron chi connectivity index (χ3n) is 2.35. The number of benzene rings is 1. The van der Waals surface area contributed by atoms with Gasteiger partial charge in [0.1, 0.15) is 5.75 Å².